The molecule has 0 radical (unpaired) electrons. The summed E-state index contributed by atoms with van der Waals surface area (Å²) in [6.07, 6.45) is 0.129. The molecular weight excluding hydrogens is 294 g/mol. The van der Waals surface area contributed by atoms with Crippen LogP contribution in [0.5, 0.6) is 0 Å². The second-order valence-electron chi connectivity index (χ2n) is 5.72. The first-order chi connectivity index (χ1) is 10.1. The lowest BCUT2D eigenvalue weighted by atomic mass is 10.1. The molecule has 2 unspecified atom stereocenters. The SMILES string of the molecule is CC[C@H](C)OC(C)COC(=O)C(C)(C)OC(C)CO[N+](=O)[O-]. The lowest BCUT2D eigenvalue weighted by Gasteiger charge is -2.27. The van der Waals surface area contributed by atoms with Crippen molar-refractivity contribution in [3.8, 4) is 0 Å². The topological polar surface area (TPSA) is 97.1 Å². The minimum absolute atomic E-state index is 0.0947. The summed E-state index contributed by atoms with van der Waals surface area (Å²) in [5, 5.41) is 9.21. The Morgan fingerprint density at radius 3 is 2.23 bits per heavy atom. The van der Waals surface area contributed by atoms with Crippen molar-refractivity contribution in [3.05, 3.63) is 10.1 Å². The number of carbonyl (C=O) groups excluding carboxylic acids is 1. The van der Waals surface area contributed by atoms with Crippen LogP contribution in [0.4, 0.5) is 0 Å². The quantitative estimate of drug-likeness (QED) is 0.326. The van der Waals surface area contributed by atoms with E-state index in [9.17, 15) is 14.9 Å². The molecule has 0 aromatic carbocycles. The zero-order valence-electron chi connectivity index (χ0n) is 14.2. The van der Waals surface area contributed by atoms with Gasteiger partial charge in [-0.3, -0.25) is 0 Å². The molecule has 8 nitrogen and oxygen atoms in total. The summed E-state index contributed by atoms with van der Waals surface area (Å²) in [4.78, 5) is 26.3. The van der Waals surface area contributed by atoms with E-state index >= 15 is 0 Å². The van der Waals surface area contributed by atoms with Crippen LogP contribution < -0.4 is 0 Å². The Morgan fingerprint density at radius 2 is 1.73 bits per heavy atom. The maximum absolute atomic E-state index is 12.0. The lowest BCUT2D eigenvalue weighted by Crippen LogP contribution is -2.41. The van der Waals surface area contributed by atoms with Gasteiger partial charge in [-0.05, 0) is 41.0 Å². The van der Waals surface area contributed by atoms with Crippen LogP contribution in [0.2, 0.25) is 0 Å². The minimum Gasteiger partial charge on any atom is -0.461 e. The number of carbonyl (C=O) groups is 1. The standard InChI is InChI=1S/C14H27NO7/c1-7-10(2)21-11(3)8-19-13(16)14(5,6)22-12(4)9-20-15(17)18/h10-12H,7-9H2,1-6H3/t10-,11?,12?/m0/s1. The maximum Gasteiger partial charge on any atom is 0.337 e. The first kappa shape index (κ1) is 20.6. The fourth-order valence-corrected chi connectivity index (χ4v) is 1.65. The zero-order chi connectivity index (χ0) is 17.3. The van der Waals surface area contributed by atoms with Crippen molar-refractivity contribution in [1.82, 2.24) is 0 Å². The highest BCUT2D eigenvalue weighted by atomic mass is 17.0. The van der Waals surface area contributed by atoms with Gasteiger partial charge in [0.2, 0.25) is 0 Å². The Morgan fingerprint density at radius 1 is 1.14 bits per heavy atom. The van der Waals surface area contributed by atoms with Crippen LogP contribution in [-0.2, 0) is 23.8 Å². The molecule has 0 aliphatic rings. The van der Waals surface area contributed by atoms with E-state index in [-0.39, 0.29) is 25.4 Å². The number of rotatable bonds is 11. The molecule has 0 aliphatic carbocycles. The normalized spacial score (nSPS) is 15.7. The molecule has 0 rings (SSSR count). The zero-order valence-corrected chi connectivity index (χ0v) is 14.2. The molecule has 0 bridgehead atoms. The number of ether oxygens (including phenoxy) is 3. The van der Waals surface area contributed by atoms with Gasteiger partial charge in [-0.25, -0.2) is 4.79 Å². The molecule has 0 aliphatic heterocycles. The Kier molecular flexibility index (Phi) is 8.96. The van der Waals surface area contributed by atoms with Crippen LogP contribution in [0, 0.1) is 10.1 Å². The molecule has 0 fully saturated rings. The number of hydrogen-bond acceptors (Lipinski definition) is 7. The lowest BCUT2D eigenvalue weighted by molar-refractivity contribution is -0.759. The first-order valence-electron chi connectivity index (χ1n) is 7.36. The van der Waals surface area contributed by atoms with E-state index in [2.05, 4.69) is 4.84 Å². The predicted octanol–water partition coefficient (Wildman–Crippen LogP) is 2.13. The molecule has 0 heterocycles. The molecular formula is C14H27NO7. The fraction of sp³-hybridized carbons (Fsp3) is 0.929. The highest BCUT2D eigenvalue weighted by Gasteiger charge is 2.33. The summed E-state index contributed by atoms with van der Waals surface area (Å²) >= 11 is 0. The third-order valence-electron chi connectivity index (χ3n) is 2.89. The van der Waals surface area contributed by atoms with Crippen molar-refractivity contribution in [2.45, 2.75) is 71.9 Å². The van der Waals surface area contributed by atoms with Crippen molar-refractivity contribution >= 4 is 5.97 Å². The van der Waals surface area contributed by atoms with Gasteiger partial charge in [0.25, 0.3) is 5.09 Å². The second kappa shape index (κ2) is 9.58. The third-order valence-corrected chi connectivity index (χ3v) is 2.89. The van der Waals surface area contributed by atoms with Crippen molar-refractivity contribution in [3.63, 3.8) is 0 Å². The molecule has 0 spiro atoms. The van der Waals surface area contributed by atoms with Gasteiger partial charge in [0.15, 0.2) is 5.60 Å². The van der Waals surface area contributed by atoms with Crippen LogP contribution in [-0.4, -0.2) is 48.2 Å². The van der Waals surface area contributed by atoms with Crippen LogP contribution in [0.25, 0.3) is 0 Å². The average Bonchev–Trinajstić information content (AvgIpc) is 2.41. The molecule has 8 heteroatoms. The molecule has 3 atom stereocenters. The largest absolute Gasteiger partial charge is 0.461 e. The fourth-order valence-electron chi connectivity index (χ4n) is 1.65. The Hall–Kier alpha value is -1.41. The molecule has 0 N–H and O–H groups in total. The van der Waals surface area contributed by atoms with Crippen molar-refractivity contribution in [2.24, 2.45) is 0 Å². The first-order valence-corrected chi connectivity index (χ1v) is 7.36. The van der Waals surface area contributed by atoms with E-state index in [0.29, 0.717) is 0 Å². The van der Waals surface area contributed by atoms with Crippen LogP contribution in [0.1, 0.15) is 48.0 Å². The predicted molar refractivity (Wildman–Crippen MR) is 78.8 cm³/mol. The van der Waals surface area contributed by atoms with E-state index in [1.807, 2.05) is 20.8 Å². The Bertz CT molecular complexity index is 359. The van der Waals surface area contributed by atoms with Crippen LogP contribution in [0.15, 0.2) is 0 Å². The monoisotopic (exact) mass is 321 g/mol. The van der Waals surface area contributed by atoms with Gasteiger partial charge in [0.05, 0.1) is 18.3 Å². The second-order valence-corrected chi connectivity index (χ2v) is 5.72. The molecule has 0 amide bonds. The van der Waals surface area contributed by atoms with E-state index in [0.717, 1.165) is 6.42 Å². The van der Waals surface area contributed by atoms with Gasteiger partial charge in [0, 0.05) is 0 Å². The number of esters is 1. The molecule has 0 saturated heterocycles. The number of nitrogens with zero attached hydrogens (tertiary/aromatic N) is 1. The van der Waals surface area contributed by atoms with Crippen molar-refractivity contribution in [2.75, 3.05) is 13.2 Å². The van der Waals surface area contributed by atoms with E-state index in [1.54, 1.807) is 6.92 Å². The summed E-state index contributed by atoms with van der Waals surface area (Å²) < 4.78 is 16.2. The van der Waals surface area contributed by atoms with Gasteiger partial charge in [-0.2, -0.15) is 0 Å². The highest BCUT2D eigenvalue weighted by Crippen LogP contribution is 2.15. The van der Waals surface area contributed by atoms with Crippen molar-refractivity contribution < 1.29 is 28.9 Å². The summed E-state index contributed by atoms with van der Waals surface area (Å²) in [6.45, 7) is 10.3. The van der Waals surface area contributed by atoms with Gasteiger partial charge < -0.3 is 19.0 Å². The average molecular weight is 321 g/mol. The Balaban J connectivity index is 4.23. The minimum atomic E-state index is -1.23. The highest BCUT2D eigenvalue weighted by molar-refractivity contribution is 5.78. The smallest absolute Gasteiger partial charge is 0.337 e. The number of hydrogen-bond donors (Lipinski definition) is 0. The van der Waals surface area contributed by atoms with Crippen LogP contribution >= 0.6 is 0 Å². The van der Waals surface area contributed by atoms with Gasteiger partial charge in [-0.15, -0.1) is 10.1 Å². The molecule has 0 aromatic rings. The third kappa shape index (κ3) is 8.78. The Labute approximate surface area is 131 Å². The van der Waals surface area contributed by atoms with E-state index < -0.39 is 22.8 Å². The summed E-state index contributed by atoms with van der Waals surface area (Å²) in [7, 11) is 0. The van der Waals surface area contributed by atoms with Crippen molar-refractivity contribution in [1.29, 1.82) is 0 Å². The van der Waals surface area contributed by atoms with Gasteiger partial charge >= 0.3 is 5.97 Å². The molecule has 0 saturated carbocycles. The molecule has 0 aromatic heterocycles. The summed E-state index contributed by atoms with van der Waals surface area (Å²) in [6, 6.07) is 0. The molecule has 130 valence electrons. The van der Waals surface area contributed by atoms with Crippen LogP contribution in [0.3, 0.4) is 0 Å². The maximum atomic E-state index is 12.0. The van der Waals surface area contributed by atoms with Gasteiger partial charge in [-0.1, -0.05) is 6.92 Å². The molecule has 22 heavy (non-hydrogen) atoms. The van der Waals surface area contributed by atoms with E-state index in [4.69, 9.17) is 14.2 Å². The van der Waals surface area contributed by atoms with E-state index in [1.165, 1.54) is 13.8 Å². The summed E-state index contributed by atoms with van der Waals surface area (Å²) in [5.41, 5.74) is -1.23. The van der Waals surface area contributed by atoms with Gasteiger partial charge in [0.1, 0.15) is 13.2 Å². The summed E-state index contributed by atoms with van der Waals surface area (Å²) in [5.74, 6) is -0.556.